The fraction of sp³-hybridized carbons (Fsp3) is 0.357. The Morgan fingerprint density at radius 1 is 1.31 bits per heavy atom. The largest absolute Gasteiger partial charge is 0.457 e. The first kappa shape index (κ1) is 10.9. The molecule has 0 saturated carbocycles. The Labute approximate surface area is 95.9 Å². The maximum Gasteiger partial charge on any atom is 0.334 e. The summed E-state index contributed by atoms with van der Waals surface area (Å²) in [7, 11) is 0. The monoisotopic (exact) mass is 216 g/mol. The summed E-state index contributed by atoms with van der Waals surface area (Å²) in [5.41, 5.74) is 2.00. The molecule has 0 bridgehead atoms. The van der Waals surface area contributed by atoms with Gasteiger partial charge in [-0.2, -0.15) is 0 Å². The van der Waals surface area contributed by atoms with Crippen molar-refractivity contribution >= 4 is 5.97 Å². The van der Waals surface area contributed by atoms with E-state index in [4.69, 9.17) is 4.74 Å². The lowest BCUT2D eigenvalue weighted by Gasteiger charge is -2.31. The lowest BCUT2D eigenvalue weighted by atomic mass is 9.74. The molecule has 0 aromatic heterocycles. The minimum atomic E-state index is -0.178. The molecule has 1 aliphatic carbocycles. The zero-order chi connectivity index (χ0) is 11.6. The van der Waals surface area contributed by atoms with Crippen molar-refractivity contribution in [2.24, 2.45) is 5.41 Å². The Morgan fingerprint density at radius 3 is 2.50 bits per heavy atom. The summed E-state index contributed by atoms with van der Waals surface area (Å²) < 4.78 is 5.22. The highest BCUT2D eigenvalue weighted by Crippen LogP contribution is 2.38. The molecular weight excluding hydrogens is 200 g/mol. The van der Waals surface area contributed by atoms with Gasteiger partial charge in [-0.3, -0.25) is 0 Å². The van der Waals surface area contributed by atoms with E-state index in [-0.39, 0.29) is 11.4 Å². The average molecular weight is 216 g/mol. The first-order valence-electron chi connectivity index (χ1n) is 5.50. The van der Waals surface area contributed by atoms with Crippen molar-refractivity contribution in [2.75, 3.05) is 0 Å². The van der Waals surface area contributed by atoms with Gasteiger partial charge in [-0.15, -0.1) is 0 Å². The highest BCUT2D eigenvalue weighted by atomic mass is 16.5. The number of carbonyl (C=O) groups excluding carboxylic acids is 1. The van der Waals surface area contributed by atoms with Crippen molar-refractivity contribution in [1.82, 2.24) is 0 Å². The molecule has 0 spiro atoms. The fourth-order valence-electron chi connectivity index (χ4n) is 1.88. The van der Waals surface area contributed by atoms with Gasteiger partial charge < -0.3 is 4.74 Å². The highest BCUT2D eigenvalue weighted by molar-refractivity contribution is 5.90. The maximum atomic E-state index is 11.6. The first-order valence-corrected chi connectivity index (χ1v) is 5.50. The molecule has 0 atom stereocenters. The second-order valence-electron chi connectivity index (χ2n) is 4.90. The molecule has 2 rings (SSSR count). The van der Waals surface area contributed by atoms with Gasteiger partial charge in [0.25, 0.3) is 0 Å². The summed E-state index contributed by atoms with van der Waals surface area (Å²) >= 11 is 0. The molecule has 0 amide bonds. The third kappa shape index (κ3) is 2.51. The summed E-state index contributed by atoms with van der Waals surface area (Å²) in [5.74, 6) is -0.178. The average Bonchev–Trinajstić information content (AvgIpc) is 2.24. The molecule has 0 fully saturated rings. The molecule has 1 aromatic rings. The molecule has 0 heterocycles. The summed E-state index contributed by atoms with van der Waals surface area (Å²) in [6.45, 7) is 4.58. The van der Waals surface area contributed by atoms with E-state index >= 15 is 0 Å². The van der Waals surface area contributed by atoms with Gasteiger partial charge in [-0.05, 0) is 17.4 Å². The van der Waals surface area contributed by atoms with Crippen molar-refractivity contribution in [2.45, 2.75) is 26.9 Å². The molecular formula is C14H16O2. The number of hydrogen-bond acceptors (Lipinski definition) is 2. The van der Waals surface area contributed by atoms with Crippen LogP contribution in [0, 0.1) is 5.41 Å². The number of ether oxygens (including phenoxy) is 1. The molecule has 2 nitrogen and oxygen atoms in total. The molecule has 16 heavy (non-hydrogen) atoms. The van der Waals surface area contributed by atoms with Crippen molar-refractivity contribution in [3.05, 3.63) is 47.5 Å². The molecule has 84 valence electrons. The van der Waals surface area contributed by atoms with Crippen molar-refractivity contribution in [3.8, 4) is 0 Å². The van der Waals surface area contributed by atoms with Crippen molar-refractivity contribution in [3.63, 3.8) is 0 Å². The highest BCUT2D eigenvalue weighted by Gasteiger charge is 2.31. The number of benzene rings is 1. The van der Waals surface area contributed by atoms with Crippen molar-refractivity contribution < 1.29 is 9.53 Å². The molecule has 0 aliphatic heterocycles. The van der Waals surface area contributed by atoms with E-state index in [0.29, 0.717) is 6.61 Å². The van der Waals surface area contributed by atoms with Crippen LogP contribution in [-0.2, 0) is 16.1 Å². The topological polar surface area (TPSA) is 26.3 Å². The van der Waals surface area contributed by atoms with Gasteiger partial charge in [0.15, 0.2) is 0 Å². The molecule has 0 saturated heterocycles. The lowest BCUT2D eigenvalue weighted by molar-refractivity contribution is -0.141. The Bertz CT molecular complexity index is 416. The fourth-order valence-corrected chi connectivity index (χ4v) is 1.88. The number of carbonyl (C=O) groups is 1. The van der Waals surface area contributed by atoms with Gasteiger partial charge in [0.2, 0.25) is 0 Å². The molecule has 1 aromatic carbocycles. The third-order valence-electron chi connectivity index (χ3n) is 2.69. The summed E-state index contributed by atoms with van der Waals surface area (Å²) in [6.07, 6.45) is 2.81. The Hall–Kier alpha value is -1.57. The van der Waals surface area contributed by atoms with E-state index in [1.165, 1.54) is 0 Å². The number of esters is 1. The predicted molar refractivity (Wildman–Crippen MR) is 62.7 cm³/mol. The predicted octanol–water partition coefficient (Wildman–Crippen LogP) is 3.09. The van der Waals surface area contributed by atoms with Gasteiger partial charge in [0, 0.05) is 5.57 Å². The molecule has 1 aliphatic rings. The molecule has 0 N–H and O–H groups in total. The summed E-state index contributed by atoms with van der Waals surface area (Å²) in [5, 5.41) is 0. The van der Waals surface area contributed by atoms with E-state index in [2.05, 4.69) is 13.8 Å². The van der Waals surface area contributed by atoms with Crippen molar-refractivity contribution in [1.29, 1.82) is 0 Å². The van der Waals surface area contributed by atoms with Gasteiger partial charge in [-0.25, -0.2) is 4.79 Å². The van der Waals surface area contributed by atoms with Gasteiger partial charge in [0.05, 0.1) is 0 Å². The quantitative estimate of drug-likeness (QED) is 0.726. The zero-order valence-corrected chi connectivity index (χ0v) is 9.69. The van der Waals surface area contributed by atoms with E-state index in [9.17, 15) is 4.79 Å². The Balaban J connectivity index is 1.86. The van der Waals surface area contributed by atoms with Crippen LogP contribution in [0.2, 0.25) is 0 Å². The number of rotatable bonds is 3. The normalized spacial score (nSPS) is 17.2. The summed E-state index contributed by atoms with van der Waals surface area (Å²) in [4.78, 5) is 11.6. The second kappa shape index (κ2) is 4.12. The zero-order valence-electron chi connectivity index (χ0n) is 9.69. The smallest absolute Gasteiger partial charge is 0.334 e. The van der Waals surface area contributed by atoms with Crippen LogP contribution in [-0.4, -0.2) is 5.97 Å². The maximum absolute atomic E-state index is 11.6. The van der Waals surface area contributed by atoms with E-state index in [0.717, 1.165) is 17.6 Å². The van der Waals surface area contributed by atoms with Gasteiger partial charge >= 0.3 is 5.97 Å². The number of allylic oxidation sites excluding steroid dienone is 1. The number of hydrogen-bond donors (Lipinski definition) is 0. The van der Waals surface area contributed by atoms with Gasteiger partial charge in [0.1, 0.15) is 6.61 Å². The van der Waals surface area contributed by atoms with Crippen LogP contribution in [0.3, 0.4) is 0 Å². The van der Waals surface area contributed by atoms with Gasteiger partial charge in [-0.1, -0.05) is 50.3 Å². The minimum absolute atomic E-state index is 0.168. The molecule has 0 unspecified atom stereocenters. The SMILES string of the molecule is CC1(C)C=C(C(=O)OCc2ccccc2)C1. The van der Waals surface area contributed by atoms with E-state index < -0.39 is 0 Å². The third-order valence-corrected chi connectivity index (χ3v) is 2.69. The molecule has 0 radical (unpaired) electrons. The minimum Gasteiger partial charge on any atom is -0.457 e. The van der Waals surface area contributed by atoms with Crippen LogP contribution in [0.4, 0.5) is 0 Å². The standard InChI is InChI=1S/C14H16O2/c1-14(2)8-12(9-14)13(15)16-10-11-6-4-3-5-7-11/h3-8H,9-10H2,1-2H3. The summed E-state index contributed by atoms with van der Waals surface area (Å²) in [6, 6.07) is 9.73. The van der Waals surface area contributed by atoms with E-state index in [1.807, 2.05) is 36.4 Å². The van der Waals surface area contributed by atoms with Crippen LogP contribution in [0.25, 0.3) is 0 Å². The molecule has 2 heteroatoms. The van der Waals surface area contributed by atoms with E-state index in [1.54, 1.807) is 0 Å². The first-order chi connectivity index (χ1) is 7.57. The Morgan fingerprint density at radius 2 is 1.94 bits per heavy atom. The Kier molecular flexibility index (Phi) is 2.82. The second-order valence-corrected chi connectivity index (χ2v) is 4.90. The van der Waals surface area contributed by atoms with Crippen LogP contribution in [0.1, 0.15) is 25.8 Å². The lowest BCUT2D eigenvalue weighted by Crippen LogP contribution is -2.25. The van der Waals surface area contributed by atoms with Crippen LogP contribution in [0.15, 0.2) is 42.0 Å². The van der Waals surface area contributed by atoms with Crippen LogP contribution >= 0.6 is 0 Å². The van der Waals surface area contributed by atoms with Crippen LogP contribution < -0.4 is 0 Å². The van der Waals surface area contributed by atoms with Crippen LogP contribution in [0.5, 0.6) is 0 Å².